The van der Waals surface area contributed by atoms with E-state index < -0.39 is 6.43 Å². The minimum atomic E-state index is -2.45. The van der Waals surface area contributed by atoms with E-state index in [1.807, 2.05) is 6.07 Å². The molecule has 0 radical (unpaired) electrons. The quantitative estimate of drug-likeness (QED) is 0.781. The Hall–Kier alpha value is -1.45. The van der Waals surface area contributed by atoms with Crippen molar-refractivity contribution in [2.24, 2.45) is 5.92 Å². The molecule has 1 saturated carbocycles. The molecule has 2 aliphatic rings. The third-order valence-corrected chi connectivity index (χ3v) is 4.82. The van der Waals surface area contributed by atoms with Gasteiger partial charge in [0.1, 0.15) is 12.0 Å². The zero-order valence-electron chi connectivity index (χ0n) is 11.3. The summed E-state index contributed by atoms with van der Waals surface area (Å²) in [7, 11) is 0. The summed E-state index contributed by atoms with van der Waals surface area (Å²) >= 11 is 0. The number of rotatable bonds is 3. The fourth-order valence-electron chi connectivity index (χ4n) is 3.54. The van der Waals surface area contributed by atoms with Crippen molar-refractivity contribution in [2.75, 3.05) is 6.61 Å². The standard InChI is InChI=1S/C16H18F2O2/c17-15(18)12-1-2-13-14(9-12)20-10-16(13)6-3-11(4-7-16)5-8-19/h1-2,8-9,11,15H,3-7,10H2. The van der Waals surface area contributed by atoms with E-state index in [0.717, 1.165) is 37.5 Å². The van der Waals surface area contributed by atoms with Crippen molar-refractivity contribution in [3.63, 3.8) is 0 Å². The smallest absolute Gasteiger partial charge is 0.263 e. The van der Waals surface area contributed by atoms with E-state index in [2.05, 4.69) is 0 Å². The SMILES string of the molecule is O=CCC1CCC2(CC1)COc1cc(C(F)F)ccc12. The van der Waals surface area contributed by atoms with Crippen molar-refractivity contribution in [1.82, 2.24) is 0 Å². The van der Waals surface area contributed by atoms with Crippen LogP contribution in [0.5, 0.6) is 5.75 Å². The van der Waals surface area contributed by atoms with Gasteiger partial charge in [-0.25, -0.2) is 8.78 Å². The van der Waals surface area contributed by atoms with Crippen LogP contribution in [-0.4, -0.2) is 12.9 Å². The molecule has 108 valence electrons. The van der Waals surface area contributed by atoms with Crippen LogP contribution in [0.25, 0.3) is 0 Å². The molecule has 0 N–H and O–H groups in total. The van der Waals surface area contributed by atoms with Crippen LogP contribution in [0, 0.1) is 5.92 Å². The second kappa shape index (κ2) is 5.15. The predicted molar refractivity (Wildman–Crippen MR) is 71.2 cm³/mol. The molecule has 0 saturated heterocycles. The van der Waals surface area contributed by atoms with Crippen molar-refractivity contribution < 1.29 is 18.3 Å². The maximum atomic E-state index is 12.7. The van der Waals surface area contributed by atoms with Gasteiger partial charge in [0.25, 0.3) is 6.43 Å². The molecule has 1 heterocycles. The summed E-state index contributed by atoms with van der Waals surface area (Å²) in [6.07, 6.45) is 3.16. The topological polar surface area (TPSA) is 26.3 Å². The van der Waals surface area contributed by atoms with E-state index in [4.69, 9.17) is 4.74 Å². The lowest BCUT2D eigenvalue weighted by Crippen LogP contribution is -2.33. The van der Waals surface area contributed by atoms with Crippen molar-refractivity contribution in [1.29, 1.82) is 0 Å². The second-order valence-electron chi connectivity index (χ2n) is 5.97. The Labute approximate surface area is 117 Å². The number of hydrogen-bond donors (Lipinski definition) is 0. The molecule has 1 spiro atoms. The fourth-order valence-corrected chi connectivity index (χ4v) is 3.54. The van der Waals surface area contributed by atoms with Crippen LogP contribution in [0.3, 0.4) is 0 Å². The highest BCUT2D eigenvalue weighted by Gasteiger charge is 2.43. The molecule has 1 aromatic rings. The lowest BCUT2D eigenvalue weighted by molar-refractivity contribution is -0.108. The molecular formula is C16H18F2O2. The monoisotopic (exact) mass is 280 g/mol. The van der Waals surface area contributed by atoms with Gasteiger partial charge in [0.15, 0.2) is 0 Å². The summed E-state index contributed by atoms with van der Waals surface area (Å²) in [6, 6.07) is 4.80. The van der Waals surface area contributed by atoms with Crippen molar-refractivity contribution >= 4 is 6.29 Å². The molecule has 0 bridgehead atoms. The molecule has 3 rings (SSSR count). The van der Waals surface area contributed by atoms with Crippen LogP contribution in [0.1, 0.15) is 49.7 Å². The lowest BCUT2D eigenvalue weighted by Gasteiger charge is -2.35. The van der Waals surface area contributed by atoms with Gasteiger partial charge in [-0.15, -0.1) is 0 Å². The molecule has 0 atom stereocenters. The van der Waals surface area contributed by atoms with Crippen LogP contribution in [0.15, 0.2) is 18.2 Å². The number of hydrogen-bond acceptors (Lipinski definition) is 2. The van der Waals surface area contributed by atoms with E-state index in [0.29, 0.717) is 24.7 Å². The van der Waals surface area contributed by atoms with Gasteiger partial charge in [-0.2, -0.15) is 0 Å². The first-order valence-corrected chi connectivity index (χ1v) is 7.14. The Bertz CT molecular complexity index is 505. The first-order chi connectivity index (χ1) is 9.64. The van der Waals surface area contributed by atoms with Crippen LogP contribution >= 0.6 is 0 Å². The van der Waals surface area contributed by atoms with E-state index in [1.165, 1.54) is 12.1 Å². The highest BCUT2D eigenvalue weighted by atomic mass is 19.3. The Morgan fingerprint density at radius 3 is 2.75 bits per heavy atom. The molecule has 0 amide bonds. The highest BCUT2D eigenvalue weighted by Crippen LogP contribution is 2.50. The predicted octanol–water partition coefficient (Wildman–Crippen LogP) is 4.03. The van der Waals surface area contributed by atoms with Crippen LogP contribution in [-0.2, 0) is 10.2 Å². The fraction of sp³-hybridized carbons (Fsp3) is 0.562. The molecule has 1 aliphatic heterocycles. The molecule has 2 nitrogen and oxygen atoms in total. The summed E-state index contributed by atoms with van der Waals surface area (Å²) < 4.78 is 31.1. The van der Waals surface area contributed by atoms with Gasteiger partial charge in [0.2, 0.25) is 0 Å². The maximum Gasteiger partial charge on any atom is 0.263 e. The molecule has 20 heavy (non-hydrogen) atoms. The van der Waals surface area contributed by atoms with Gasteiger partial charge in [-0.1, -0.05) is 12.1 Å². The van der Waals surface area contributed by atoms with Gasteiger partial charge < -0.3 is 9.53 Å². The lowest BCUT2D eigenvalue weighted by atomic mass is 9.67. The first kappa shape index (κ1) is 13.5. The summed E-state index contributed by atoms with van der Waals surface area (Å²) in [5.74, 6) is 1.10. The minimum absolute atomic E-state index is 0.0185. The average Bonchev–Trinajstić information content (AvgIpc) is 2.80. The maximum absolute atomic E-state index is 12.7. The largest absolute Gasteiger partial charge is 0.492 e. The van der Waals surface area contributed by atoms with E-state index in [1.54, 1.807) is 0 Å². The van der Waals surface area contributed by atoms with Crippen molar-refractivity contribution in [3.05, 3.63) is 29.3 Å². The van der Waals surface area contributed by atoms with Gasteiger partial charge in [-0.05, 0) is 37.7 Å². The average molecular weight is 280 g/mol. The van der Waals surface area contributed by atoms with E-state index in [-0.39, 0.29) is 11.0 Å². The minimum Gasteiger partial charge on any atom is -0.492 e. The third kappa shape index (κ3) is 2.21. The van der Waals surface area contributed by atoms with E-state index >= 15 is 0 Å². The highest BCUT2D eigenvalue weighted by molar-refractivity contribution is 5.50. The van der Waals surface area contributed by atoms with Crippen molar-refractivity contribution in [2.45, 2.75) is 43.9 Å². The zero-order chi connectivity index (χ0) is 14.2. The van der Waals surface area contributed by atoms with Gasteiger partial charge in [0, 0.05) is 23.0 Å². The normalized spacial score (nSPS) is 28.4. The Kier molecular flexibility index (Phi) is 3.48. The number of carbonyl (C=O) groups is 1. The molecule has 4 heteroatoms. The third-order valence-electron chi connectivity index (χ3n) is 4.82. The Morgan fingerprint density at radius 2 is 2.10 bits per heavy atom. The molecule has 1 fully saturated rings. The molecule has 0 unspecified atom stereocenters. The van der Waals surface area contributed by atoms with Gasteiger partial charge >= 0.3 is 0 Å². The van der Waals surface area contributed by atoms with Crippen LogP contribution < -0.4 is 4.74 Å². The number of fused-ring (bicyclic) bond motifs is 2. The van der Waals surface area contributed by atoms with E-state index in [9.17, 15) is 13.6 Å². The van der Waals surface area contributed by atoms with Crippen LogP contribution in [0.2, 0.25) is 0 Å². The number of aldehydes is 1. The molecule has 0 aromatic heterocycles. The molecular weight excluding hydrogens is 262 g/mol. The number of ether oxygens (including phenoxy) is 1. The summed E-state index contributed by atoms with van der Waals surface area (Å²) in [5, 5.41) is 0. The molecule has 1 aliphatic carbocycles. The van der Waals surface area contributed by atoms with Gasteiger partial charge in [0.05, 0.1) is 6.61 Å². The number of benzene rings is 1. The summed E-state index contributed by atoms with van der Waals surface area (Å²) in [5.41, 5.74) is 1.08. The number of alkyl halides is 2. The molecule has 1 aromatic carbocycles. The summed E-state index contributed by atoms with van der Waals surface area (Å²) in [6.45, 7) is 0.586. The Morgan fingerprint density at radius 1 is 1.35 bits per heavy atom. The number of halogens is 2. The second-order valence-corrected chi connectivity index (χ2v) is 5.97. The van der Waals surface area contributed by atoms with Crippen molar-refractivity contribution in [3.8, 4) is 5.75 Å². The Balaban J connectivity index is 1.81. The summed E-state index contributed by atoms with van der Waals surface area (Å²) in [4.78, 5) is 10.6. The van der Waals surface area contributed by atoms with Crippen LogP contribution in [0.4, 0.5) is 8.78 Å². The number of carbonyl (C=O) groups excluding carboxylic acids is 1. The zero-order valence-corrected chi connectivity index (χ0v) is 11.3. The van der Waals surface area contributed by atoms with Gasteiger partial charge in [-0.3, -0.25) is 0 Å². The first-order valence-electron chi connectivity index (χ1n) is 7.14.